The molecule has 0 heterocycles. The van der Waals surface area contributed by atoms with Crippen LogP contribution in [0.5, 0.6) is 0 Å². The van der Waals surface area contributed by atoms with Crippen molar-refractivity contribution in [2.45, 2.75) is 130 Å². The monoisotopic (exact) mass is 824 g/mol. The predicted octanol–water partition coefficient (Wildman–Crippen LogP) is 7.61. The molecule has 2 saturated carbocycles. The third-order valence-corrected chi connectivity index (χ3v) is 8.24. The van der Waals surface area contributed by atoms with Gasteiger partial charge in [-0.25, -0.2) is 28.8 Å². The first-order valence-corrected chi connectivity index (χ1v) is 18.9. The number of carboxylic acid groups (broad SMARTS) is 1. The highest BCUT2D eigenvalue weighted by Crippen LogP contribution is 2.37. The number of rotatable bonds is 13. The summed E-state index contributed by atoms with van der Waals surface area (Å²) in [6.07, 6.45) is 0.0777. The minimum absolute atomic E-state index is 0. The largest absolute Gasteiger partial charge is 0.480 e. The second-order valence-electron chi connectivity index (χ2n) is 16.0. The van der Waals surface area contributed by atoms with E-state index in [4.69, 9.17) is 48.7 Å². The van der Waals surface area contributed by atoms with Gasteiger partial charge in [-0.15, -0.1) is 0 Å². The van der Waals surface area contributed by atoms with Crippen LogP contribution in [0, 0.1) is 11.8 Å². The number of carbonyl (C=O) groups excluding carboxylic acids is 5. The number of likely N-dealkylation sites (N-methyl/N-ethyl adjacent to an activating group) is 2. The molecule has 15 nitrogen and oxygen atoms in total. The smallest absolute Gasteiger partial charge is 0.410 e. The molecule has 328 valence electrons. The molecule has 57 heavy (non-hydrogen) atoms. The summed E-state index contributed by atoms with van der Waals surface area (Å²) in [7, 11) is 2.99. The van der Waals surface area contributed by atoms with Crippen molar-refractivity contribution < 1.29 is 78.9 Å². The molecule has 0 spiro atoms. The first-order chi connectivity index (χ1) is 31.5. The van der Waals surface area contributed by atoms with Crippen molar-refractivity contribution in [1.82, 2.24) is 9.80 Å². The van der Waals surface area contributed by atoms with Crippen LogP contribution in [-0.4, -0.2) is 106 Å². The minimum atomic E-state index is -1.07. The lowest BCUT2D eigenvalue weighted by Crippen LogP contribution is -2.48. The lowest BCUT2D eigenvalue weighted by molar-refractivity contribution is -0.170. The predicted molar refractivity (Wildman–Crippen MR) is 221 cm³/mol. The maximum Gasteiger partial charge on any atom is 0.410 e. The highest BCUT2D eigenvalue weighted by molar-refractivity contribution is 5.85. The third-order valence-electron chi connectivity index (χ3n) is 8.24. The van der Waals surface area contributed by atoms with Crippen LogP contribution in [0.2, 0.25) is 0 Å². The number of amides is 2. The summed E-state index contributed by atoms with van der Waals surface area (Å²) < 4.78 is 75.8. The van der Waals surface area contributed by atoms with E-state index in [0.717, 1.165) is 36.8 Å². The van der Waals surface area contributed by atoms with Crippen LogP contribution < -0.4 is 0 Å². The van der Waals surface area contributed by atoms with Gasteiger partial charge in [-0.05, 0) is 104 Å². The zero-order chi connectivity index (χ0) is 53.1. The fourth-order valence-electron chi connectivity index (χ4n) is 5.06. The summed E-state index contributed by atoms with van der Waals surface area (Å²) in [6, 6.07) is 17.0. The van der Waals surface area contributed by atoms with E-state index in [2.05, 4.69) is 0 Å². The van der Waals surface area contributed by atoms with Crippen molar-refractivity contribution >= 4 is 36.1 Å². The Hall–Kier alpha value is -5.18. The van der Waals surface area contributed by atoms with Gasteiger partial charge in [-0.3, -0.25) is 9.80 Å². The summed E-state index contributed by atoms with van der Waals surface area (Å²) in [4.78, 5) is 73.1. The molecule has 2 aromatic carbocycles. The quantitative estimate of drug-likeness (QED) is 0.148. The Bertz CT molecular complexity index is 1660. The van der Waals surface area contributed by atoms with Crippen molar-refractivity contribution in [1.29, 1.82) is 0 Å². The fourth-order valence-corrected chi connectivity index (χ4v) is 5.06. The Labute approximate surface area is 352 Å². The zero-order valence-electron chi connectivity index (χ0n) is 44.8. The van der Waals surface area contributed by atoms with E-state index in [1.54, 1.807) is 41.5 Å². The normalized spacial score (nSPS) is 16.3. The maximum absolute atomic E-state index is 12.6. The average molecular weight is 824 g/mol. The van der Waals surface area contributed by atoms with Crippen LogP contribution >= 0.6 is 0 Å². The van der Waals surface area contributed by atoms with Crippen molar-refractivity contribution in [2.75, 3.05) is 14.1 Å². The maximum atomic E-state index is 12.6. The van der Waals surface area contributed by atoms with E-state index in [9.17, 15) is 28.8 Å². The van der Waals surface area contributed by atoms with Crippen LogP contribution in [0.3, 0.4) is 0 Å². The number of hydrogen-bond acceptors (Lipinski definition) is 12. The molecular formula is C42H72N2O13. The van der Waals surface area contributed by atoms with E-state index in [1.807, 2.05) is 60.7 Å². The van der Waals surface area contributed by atoms with Crippen molar-refractivity contribution in [3.8, 4) is 0 Å². The Morgan fingerprint density at radius 2 is 1.04 bits per heavy atom. The molecule has 0 saturated heterocycles. The summed E-state index contributed by atoms with van der Waals surface area (Å²) >= 11 is 0. The summed E-state index contributed by atoms with van der Waals surface area (Å²) in [6.45, 7) is 13.7. The standard InChI is InChI=1S/C21H29NO6.C11H19NO4.C10H12O3.6H2/c1-14(18(23)26-13-15-9-7-6-8-10-15)27-19(24)17(16-11-12-16)22(5)20(25)28-21(2,3)4;1-11(2,3)16-10(15)12(4)8(9(13)14)7-5-6-7;1-8(11)10(12)13-7-9-5-3-2-4-6-9;;;;;;/h6-10,14,16-17H,11-13H2,1-5H3;7-8H,5-6H2,1-4H3,(H,13,14);2-6,8,11H,7H2,1H3;6*1H/t14-,17+;2*8-;;;;;;/m100....../s1/i;;;5*1+1D;1+1. The molecule has 0 radical (unpaired) electrons. The molecule has 2 aliphatic carbocycles. The first kappa shape index (κ1) is 40.0. The van der Waals surface area contributed by atoms with E-state index in [-0.39, 0.29) is 26.5 Å². The van der Waals surface area contributed by atoms with Crippen molar-refractivity contribution in [3.05, 3.63) is 71.8 Å². The molecule has 0 unspecified atom stereocenters. The van der Waals surface area contributed by atoms with Gasteiger partial charge in [-0.2, -0.15) is 0 Å². The van der Waals surface area contributed by atoms with Crippen LogP contribution in [-0.2, 0) is 56.1 Å². The van der Waals surface area contributed by atoms with E-state index < -0.39 is 71.6 Å². The number of aliphatic carboxylic acids is 1. The highest BCUT2D eigenvalue weighted by Gasteiger charge is 2.44. The lowest BCUT2D eigenvalue weighted by Gasteiger charge is -2.30. The number of carboxylic acids is 1. The van der Waals surface area contributed by atoms with Crippen LogP contribution in [0.4, 0.5) is 9.59 Å². The Morgan fingerprint density at radius 1 is 0.667 bits per heavy atom. The molecule has 4 rings (SSSR count). The summed E-state index contributed by atoms with van der Waals surface area (Å²) in [5.74, 6) is -2.72. The molecule has 2 aliphatic rings. The summed E-state index contributed by atoms with van der Waals surface area (Å²) in [5.41, 5.74) is 0.488. The molecule has 15 heteroatoms. The number of carbonyl (C=O) groups is 6. The number of esters is 3. The average Bonchev–Trinajstić information content (AvgIpc) is 4.26. The molecule has 4 atom stereocenters. The number of hydrogen-bond donors (Lipinski definition) is 2. The lowest BCUT2D eigenvalue weighted by atomic mass is 10.1. The molecular weight excluding hydrogens is 740 g/mol. The second-order valence-corrected chi connectivity index (χ2v) is 16.0. The van der Waals surface area contributed by atoms with Crippen LogP contribution in [0.25, 0.3) is 0 Å². The van der Waals surface area contributed by atoms with E-state index in [0.29, 0.717) is 0 Å². The van der Waals surface area contributed by atoms with E-state index >= 15 is 0 Å². The molecule has 2 fully saturated rings. The van der Waals surface area contributed by atoms with Crippen LogP contribution in [0.15, 0.2) is 60.7 Å². The first-order valence-electron chi connectivity index (χ1n) is 23.9. The molecule has 0 aliphatic heterocycles. The SMILES string of the molecule is CN(C(=O)OC(C)(C)C)[C@H](C(=O)O)C1CC1.C[C@@H](OC(=O)[C@H](C1CC1)N(C)C(=O)OC(C)(C)C)C(=O)OCc1ccccc1.C[C@H](O)C(=O)OCc1ccccc1.[2HH].[2H][2H].[2H][2H].[2H][2H].[2H][2H].[2H][2H]. The zero-order valence-corrected chi connectivity index (χ0v) is 34.8. The highest BCUT2D eigenvalue weighted by atomic mass is 16.6. The van der Waals surface area contributed by atoms with Crippen molar-refractivity contribution in [3.63, 3.8) is 0 Å². The van der Waals surface area contributed by atoms with Crippen molar-refractivity contribution in [2.24, 2.45) is 11.8 Å². The van der Waals surface area contributed by atoms with Gasteiger partial charge in [0.2, 0.25) is 0 Å². The number of benzene rings is 2. The molecule has 0 aromatic heterocycles. The third kappa shape index (κ3) is 18.5. The molecule has 2 N–H and O–H groups in total. The van der Waals surface area contributed by atoms with Gasteiger partial charge in [0.15, 0.2) is 6.10 Å². The summed E-state index contributed by atoms with van der Waals surface area (Å²) in [5, 5.41) is 17.9. The number of aliphatic hydroxyl groups excluding tert-OH is 1. The topological polar surface area (TPSA) is 196 Å². The Kier molecular flexibility index (Phi) is 15.4. The second kappa shape index (κ2) is 21.9. The van der Waals surface area contributed by atoms with Gasteiger partial charge < -0.3 is 33.9 Å². The van der Waals surface area contributed by atoms with Gasteiger partial charge in [0.05, 0.1) is 0 Å². The Balaban J connectivity index is -0.000000282. The molecule has 2 aromatic rings. The van der Waals surface area contributed by atoms with Gasteiger partial charge >= 0.3 is 36.1 Å². The van der Waals surface area contributed by atoms with Gasteiger partial charge in [-0.1, -0.05) is 60.7 Å². The number of ether oxygens (including phenoxy) is 5. The van der Waals surface area contributed by atoms with Gasteiger partial charge in [0.25, 0.3) is 0 Å². The van der Waals surface area contributed by atoms with Gasteiger partial charge in [0, 0.05) is 30.4 Å². The number of nitrogens with zero attached hydrogens (tertiary/aromatic N) is 2. The Morgan fingerprint density at radius 3 is 1.39 bits per heavy atom. The molecule has 0 bridgehead atoms. The minimum Gasteiger partial charge on any atom is -0.480 e. The molecule has 2 amide bonds. The van der Waals surface area contributed by atoms with Crippen LogP contribution in [0.1, 0.15) is 108 Å². The van der Waals surface area contributed by atoms with E-state index in [1.165, 1.54) is 37.7 Å². The fraction of sp³-hybridized carbons (Fsp3) is 0.571. The van der Waals surface area contributed by atoms with Gasteiger partial charge in [0.1, 0.15) is 42.6 Å². The number of aliphatic hydroxyl groups is 1.